The van der Waals surface area contributed by atoms with Crippen LogP contribution in [0.4, 0.5) is 5.69 Å². The van der Waals surface area contributed by atoms with E-state index in [1.165, 1.54) is 11.3 Å². The summed E-state index contributed by atoms with van der Waals surface area (Å²) < 4.78 is 0. The number of rotatable bonds is 2. The third-order valence-corrected chi connectivity index (χ3v) is 4.42. The highest BCUT2D eigenvalue weighted by Crippen LogP contribution is 2.27. The van der Waals surface area contributed by atoms with Crippen molar-refractivity contribution in [2.24, 2.45) is 0 Å². The first-order valence-corrected chi connectivity index (χ1v) is 7.29. The van der Waals surface area contributed by atoms with E-state index >= 15 is 0 Å². The van der Waals surface area contributed by atoms with Crippen molar-refractivity contribution < 1.29 is 4.79 Å². The Morgan fingerprint density at radius 3 is 2.58 bits per heavy atom. The Labute approximate surface area is 115 Å². The topological polar surface area (TPSA) is 23.6 Å². The van der Waals surface area contributed by atoms with Gasteiger partial charge in [-0.25, -0.2) is 0 Å². The molecular weight excluding hydrogens is 236 g/mol. The molecular formula is C16H22N2O. The van der Waals surface area contributed by atoms with Crippen LogP contribution < -0.4 is 4.90 Å². The molecule has 1 aromatic rings. The molecule has 3 nitrogen and oxygen atoms in total. The predicted octanol–water partition coefficient (Wildman–Crippen LogP) is 2.62. The van der Waals surface area contributed by atoms with E-state index in [9.17, 15) is 4.79 Å². The van der Waals surface area contributed by atoms with Crippen molar-refractivity contribution in [3.05, 3.63) is 29.8 Å². The zero-order valence-electron chi connectivity index (χ0n) is 11.8. The van der Waals surface area contributed by atoms with E-state index in [1.807, 2.05) is 0 Å². The average Bonchev–Trinajstić information content (AvgIpc) is 2.80. The van der Waals surface area contributed by atoms with Crippen molar-refractivity contribution in [3.8, 4) is 0 Å². The minimum atomic E-state index is 0.347. The molecule has 19 heavy (non-hydrogen) atoms. The summed E-state index contributed by atoms with van der Waals surface area (Å²) in [6, 6.07) is 9.34. The van der Waals surface area contributed by atoms with Gasteiger partial charge in [-0.05, 0) is 30.0 Å². The van der Waals surface area contributed by atoms with Crippen LogP contribution in [0.1, 0.15) is 38.2 Å². The van der Waals surface area contributed by atoms with Crippen molar-refractivity contribution in [2.45, 2.75) is 38.6 Å². The van der Waals surface area contributed by atoms with Gasteiger partial charge in [0.05, 0.1) is 0 Å². The van der Waals surface area contributed by atoms with Crippen LogP contribution in [-0.2, 0) is 4.79 Å². The Morgan fingerprint density at radius 1 is 1.16 bits per heavy atom. The van der Waals surface area contributed by atoms with Crippen LogP contribution in [0, 0.1) is 0 Å². The maximum atomic E-state index is 11.7. The first-order valence-electron chi connectivity index (χ1n) is 7.29. The number of carbonyl (C=O) groups excluding carboxylic acids is 1. The third kappa shape index (κ3) is 2.34. The first kappa shape index (κ1) is 12.5. The molecule has 2 heterocycles. The van der Waals surface area contributed by atoms with Gasteiger partial charge in [0.1, 0.15) is 0 Å². The monoisotopic (exact) mass is 258 g/mol. The second-order valence-electron chi connectivity index (χ2n) is 5.97. The lowest BCUT2D eigenvalue weighted by atomic mass is 10.0. The maximum absolute atomic E-state index is 11.7. The van der Waals surface area contributed by atoms with E-state index in [0.29, 0.717) is 17.9 Å². The predicted molar refractivity (Wildman–Crippen MR) is 77.5 cm³/mol. The van der Waals surface area contributed by atoms with Crippen LogP contribution in [0.25, 0.3) is 0 Å². The normalized spacial score (nSPS) is 23.1. The third-order valence-electron chi connectivity index (χ3n) is 4.42. The molecule has 2 saturated heterocycles. The van der Waals surface area contributed by atoms with Gasteiger partial charge in [0.25, 0.3) is 0 Å². The summed E-state index contributed by atoms with van der Waals surface area (Å²) in [5.74, 6) is 0.929. The Morgan fingerprint density at radius 2 is 1.89 bits per heavy atom. The Kier molecular flexibility index (Phi) is 3.21. The Balaban J connectivity index is 1.71. The van der Waals surface area contributed by atoms with Gasteiger partial charge in [-0.3, -0.25) is 4.79 Å². The molecule has 1 amide bonds. The molecule has 2 aliphatic rings. The number of hydrogen-bond donors (Lipinski definition) is 0. The number of carbonyl (C=O) groups is 1. The minimum absolute atomic E-state index is 0.347. The second kappa shape index (κ2) is 4.87. The van der Waals surface area contributed by atoms with Crippen molar-refractivity contribution in [3.63, 3.8) is 0 Å². The fourth-order valence-corrected chi connectivity index (χ4v) is 3.17. The molecule has 0 saturated carbocycles. The van der Waals surface area contributed by atoms with Gasteiger partial charge >= 0.3 is 0 Å². The second-order valence-corrected chi connectivity index (χ2v) is 5.97. The molecule has 0 spiro atoms. The zero-order chi connectivity index (χ0) is 13.4. The Hall–Kier alpha value is -1.51. The van der Waals surface area contributed by atoms with Crippen LogP contribution in [0.5, 0.6) is 0 Å². The molecule has 0 radical (unpaired) electrons. The highest BCUT2D eigenvalue weighted by Gasteiger charge is 2.35. The molecule has 0 aromatic heterocycles. The van der Waals surface area contributed by atoms with E-state index < -0.39 is 0 Å². The van der Waals surface area contributed by atoms with Gasteiger partial charge < -0.3 is 9.80 Å². The van der Waals surface area contributed by atoms with Gasteiger partial charge in [-0.1, -0.05) is 26.0 Å². The van der Waals surface area contributed by atoms with E-state index in [4.69, 9.17) is 0 Å². The minimum Gasteiger partial charge on any atom is -0.368 e. The molecule has 0 N–H and O–H groups in total. The number of piperazine rings is 1. The number of anilines is 1. The fraction of sp³-hybridized carbons (Fsp3) is 0.562. The molecule has 0 bridgehead atoms. The summed E-state index contributed by atoms with van der Waals surface area (Å²) in [6.07, 6.45) is 1.77. The van der Waals surface area contributed by atoms with E-state index in [2.05, 4.69) is 47.9 Å². The summed E-state index contributed by atoms with van der Waals surface area (Å²) in [7, 11) is 0. The van der Waals surface area contributed by atoms with E-state index in [-0.39, 0.29) is 0 Å². The Bertz CT molecular complexity index is 466. The summed E-state index contributed by atoms with van der Waals surface area (Å²) in [5.41, 5.74) is 2.68. The first-order chi connectivity index (χ1) is 9.15. The van der Waals surface area contributed by atoms with Gasteiger partial charge in [0.15, 0.2) is 0 Å². The number of fused-ring (bicyclic) bond motifs is 1. The van der Waals surface area contributed by atoms with Gasteiger partial charge in [-0.15, -0.1) is 0 Å². The van der Waals surface area contributed by atoms with Crippen LogP contribution in [0.3, 0.4) is 0 Å². The summed E-state index contributed by atoms with van der Waals surface area (Å²) in [4.78, 5) is 16.2. The summed E-state index contributed by atoms with van der Waals surface area (Å²) in [6.45, 7) is 7.28. The van der Waals surface area contributed by atoms with Crippen LogP contribution in [0.15, 0.2) is 24.3 Å². The molecule has 2 fully saturated rings. The molecule has 102 valence electrons. The van der Waals surface area contributed by atoms with E-state index in [1.54, 1.807) is 0 Å². The van der Waals surface area contributed by atoms with Crippen LogP contribution in [0.2, 0.25) is 0 Å². The molecule has 3 heteroatoms. The number of benzene rings is 1. The zero-order valence-corrected chi connectivity index (χ0v) is 11.8. The van der Waals surface area contributed by atoms with Crippen LogP contribution in [-0.4, -0.2) is 36.5 Å². The highest BCUT2D eigenvalue weighted by molar-refractivity contribution is 5.79. The van der Waals surface area contributed by atoms with Crippen molar-refractivity contribution in [1.29, 1.82) is 0 Å². The summed E-state index contributed by atoms with van der Waals surface area (Å²) >= 11 is 0. The smallest absolute Gasteiger partial charge is 0.223 e. The fourth-order valence-electron chi connectivity index (χ4n) is 3.17. The number of nitrogens with zero attached hydrogens (tertiary/aromatic N) is 2. The lowest BCUT2D eigenvalue weighted by molar-refractivity contribution is -0.129. The average molecular weight is 258 g/mol. The lowest BCUT2D eigenvalue weighted by Gasteiger charge is -2.39. The summed E-state index contributed by atoms with van der Waals surface area (Å²) in [5, 5.41) is 0. The quantitative estimate of drug-likeness (QED) is 0.814. The molecule has 2 aliphatic heterocycles. The van der Waals surface area contributed by atoms with Crippen molar-refractivity contribution >= 4 is 11.6 Å². The maximum Gasteiger partial charge on any atom is 0.223 e. The molecule has 1 aromatic carbocycles. The molecule has 1 atom stereocenters. The van der Waals surface area contributed by atoms with Gasteiger partial charge in [0, 0.05) is 37.8 Å². The largest absolute Gasteiger partial charge is 0.368 e. The highest BCUT2D eigenvalue weighted by atomic mass is 16.2. The standard InChI is InChI=1S/C16H22N2O/c1-12(2)13-3-5-14(6-4-13)17-9-10-18-15(11-17)7-8-16(18)19/h3-6,12,15H,7-11H2,1-2H3. The number of hydrogen-bond acceptors (Lipinski definition) is 2. The van der Waals surface area contributed by atoms with Crippen molar-refractivity contribution in [1.82, 2.24) is 4.90 Å². The van der Waals surface area contributed by atoms with Gasteiger partial charge in [-0.2, -0.15) is 0 Å². The molecule has 1 unspecified atom stereocenters. The van der Waals surface area contributed by atoms with Crippen molar-refractivity contribution in [2.75, 3.05) is 24.5 Å². The number of amides is 1. The van der Waals surface area contributed by atoms with Gasteiger partial charge in [0.2, 0.25) is 5.91 Å². The van der Waals surface area contributed by atoms with Crippen LogP contribution >= 0.6 is 0 Å². The molecule has 3 rings (SSSR count). The SMILES string of the molecule is CC(C)c1ccc(N2CCN3C(=O)CCC3C2)cc1. The van der Waals surface area contributed by atoms with E-state index in [0.717, 1.165) is 32.5 Å². The lowest BCUT2D eigenvalue weighted by Crippen LogP contribution is -2.51. The molecule has 0 aliphatic carbocycles.